The number of nitrogens with one attached hydrogen (secondary N) is 2. The van der Waals surface area contributed by atoms with Gasteiger partial charge in [-0.1, -0.05) is 19.3 Å². The number of carbonyl (C=O) groups excluding carboxylic acids is 1. The van der Waals surface area contributed by atoms with Gasteiger partial charge in [0.15, 0.2) is 0 Å². The van der Waals surface area contributed by atoms with E-state index in [1.165, 1.54) is 6.42 Å². The van der Waals surface area contributed by atoms with Gasteiger partial charge in [0.1, 0.15) is 0 Å². The molecule has 0 bridgehead atoms. The van der Waals surface area contributed by atoms with Gasteiger partial charge < -0.3 is 11.1 Å². The van der Waals surface area contributed by atoms with Gasteiger partial charge in [-0.3, -0.25) is 4.79 Å². The molecule has 4 N–H and O–H groups in total. The van der Waals surface area contributed by atoms with Crippen LogP contribution in [0.25, 0.3) is 0 Å². The zero-order valence-corrected chi connectivity index (χ0v) is 14.2. The fourth-order valence-corrected chi connectivity index (χ4v) is 4.09. The van der Waals surface area contributed by atoms with E-state index >= 15 is 0 Å². The molecule has 0 aromatic rings. The van der Waals surface area contributed by atoms with Crippen LogP contribution in [-0.2, 0) is 14.8 Å². The zero-order chi connectivity index (χ0) is 16.1. The van der Waals surface area contributed by atoms with Crippen molar-refractivity contribution >= 4 is 15.9 Å². The predicted molar refractivity (Wildman–Crippen MR) is 84.3 cm³/mol. The summed E-state index contributed by atoms with van der Waals surface area (Å²) in [5.74, 6) is -0.0503. The zero-order valence-electron chi connectivity index (χ0n) is 13.4. The molecule has 0 heterocycles. The summed E-state index contributed by atoms with van der Waals surface area (Å²) in [6.45, 7) is 4.28. The highest BCUT2D eigenvalue weighted by molar-refractivity contribution is 7.88. The van der Waals surface area contributed by atoms with Gasteiger partial charge in [0.2, 0.25) is 15.9 Å². The SMILES string of the molecule is CC(C)(CNC(=O)CC1(CN)CCCCC1)NS(C)(=O)=O. The van der Waals surface area contributed by atoms with E-state index in [1.807, 2.05) is 0 Å². The van der Waals surface area contributed by atoms with Crippen LogP contribution in [0.4, 0.5) is 0 Å². The van der Waals surface area contributed by atoms with E-state index in [0.717, 1.165) is 31.9 Å². The molecular formula is C14H29N3O3S. The van der Waals surface area contributed by atoms with Crippen molar-refractivity contribution in [2.24, 2.45) is 11.1 Å². The summed E-state index contributed by atoms with van der Waals surface area (Å²) in [5.41, 5.74) is 5.10. The van der Waals surface area contributed by atoms with E-state index in [9.17, 15) is 13.2 Å². The first kappa shape index (κ1) is 18.4. The van der Waals surface area contributed by atoms with Gasteiger partial charge in [0.25, 0.3) is 0 Å². The maximum absolute atomic E-state index is 12.1. The van der Waals surface area contributed by atoms with Crippen molar-refractivity contribution in [1.29, 1.82) is 0 Å². The Morgan fingerprint density at radius 3 is 2.29 bits per heavy atom. The summed E-state index contributed by atoms with van der Waals surface area (Å²) >= 11 is 0. The molecule has 0 radical (unpaired) electrons. The summed E-state index contributed by atoms with van der Waals surface area (Å²) in [7, 11) is -3.29. The third-order valence-corrected chi connectivity index (χ3v) is 5.00. The smallest absolute Gasteiger partial charge is 0.220 e. The molecule has 124 valence electrons. The van der Waals surface area contributed by atoms with Crippen molar-refractivity contribution in [3.8, 4) is 0 Å². The first-order valence-corrected chi connectivity index (χ1v) is 9.42. The predicted octanol–water partition coefficient (Wildman–Crippen LogP) is 0.730. The number of sulfonamides is 1. The standard InChI is InChI=1S/C14H29N3O3S/c1-13(2,17-21(3,19)20)11-16-12(18)9-14(10-15)7-5-4-6-8-14/h17H,4-11,15H2,1-3H3,(H,16,18). The molecule has 0 spiro atoms. The van der Waals surface area contributed by atoms with Gasteiger partial charge in [-0.25, -0.2) is 13.1 Å². The van der Waals surface area contributed by atoms with E-state index in [2.05, 4.69) is 10.0 Å². The number of nitrogens with two attached hydrogens (primary N) is 1. The fraction of sp³-hybridized carbons (Fsp3) is 0.929. The van der Waals surface area contributed by atoms with Crippen molar-refractivity contribution in [2.75, 3.05) is 19.3 Å². The van der Waals surface area contributed by atoms with Crippen LogP contribution in [0.3, 0.4) is 0 Å². The van der Waals surface area contributed by atoms with Crippen LogP contribution >= 0.6 is 0 Å². The Kier molecular flexibility index (Phi) is 6.19. The Bertz CT molecular complexity index is 454. The van der Waals surface area contributed by atoms with E-state index in [-0.39, 0.29) is 17.9 Å². The molecule has 0 unspecified atom stereocenters. The van der Waals surface area contributed by atoms with Crippen LogP contribution in [0.1, 0.15) is 52.4 Å². The van der Waals surface area contributed by atoms with Crippen molar-refractivity contribution in [1.82, 2.24) is 10.0 Å². The monoisotopic (exact) mass is 319 g/mol. The lowest BCUT2D eigenvalue weighted by molar-refractivity contribution is -0.124. The third kappa shape index (κ3) is 6.76. The minimum Gasteiger partial charge on any atom is -0.354 e. The van der Waals surface area contributed by atoms with Crippen molar-refractivity contribution < 1.29 is 13.2 Å². The van der Waals surface area contributed by atoms with Crippen molar-refractivity contribution in [3.05, 3.63) is 0 Å². The number of rotatable bonds is 7. The highest BCUT2D eigenvalue weighted by Gasteiger charge is 2.33. The Morgan fingerprint density at radius 1 is 1.24 bits per heavy atom. The summed E-state index contributed by atoms with van der Waals surface area (Å²) in [6, 6.07) is 0. The highest BCUT2D eigenvalue weighted by Crippen LogP contribution is 2.38. The largest absolute Gasteiger partial charge is 0.354 e. The lowest BCUT2D eigenvalue weighted by Gasteiger charge is -2.36. The average Bonchev–Trinajstić information content (AvgIpc) is 2.35. The number of amides is 1. The first-order valence-electron chi connectivity index (χ1n) is 7.53. The molecule has 0 atom stereocenters. The maximum atomic E-state index is 12.1. The maximum Gasteiger partial charge on any atom is 0.220 e. The van der Waals surface area contributed by atoms with E-state index < -0.39 is 15.6 Å². The van der Waals surface area contributed by atoms with Gasteiger partial charge in [-0.2, -0.15) is 0 Å². The third-order valence-electron chi connectivity index (χ3n) is 4.07. The molecule has 1 aliphatic rings. The summed E-state index contributed by atoms with van der Waals surface area (Å²) < 4.78 is 25.0. The molecule has 1 rings (SSSR count). The van der Waals surface area contributed by atoms with Crippen LogP contribution in [0.15, 0.2) is 0 Å². The number of hydrogen-bond acceptors (Lipinski definition) is 4. The molecule has 6 nitrogen and oxygen atoms in total. The Balaban J connectivity index is 2.49. The highest BCUT2D eigenvalue weighted by atomic mass is 32.2. The Hall–Kier alpha value is -0.660. The Morgan fingerprint density at radius 2 is 1.81 bits per heavy atom. The van der Waals surface area contributed by atoms with Crippen molar-refractivity contribution in [3.63, 3.8) is 0 Å². The molecule has 0 aliphatic heterocycles. The van der Waals surface area contributed by atoms with E-state index in [1.54, 1.807) is 13.8 Å². The normalized spacial score (nSPS) is 19.2. The second-order valence-corrected chi connectivity index (χ2v) is 8.72. The van der Waals surface area contributed by atoms with Crippen molar-refractivity contribution in [2.45, 2.75) is 57.9 Å². The number of carbonyl (C=O) groups is 1. The molecule has 1 fully saturated rings. The van der Waals surface area contributed by atoms with Gasteiger partial charge in [0.05, 0.1) is 6.26 Å². The molecule has 0 saturated heterocycles. The van der Waals surface area contributed by atoms with Crippen LogP contribution < -0.4 is 15.8 Å². The lowest BCUT2D eigenvalue weighted by Crippen LogP contribution is -2.51. The molecule has 1 aliphatic carbocycles. The average molecular weight is 319 g/mol. The molecular weight excluding hydrogens is 290 g/mol. The molecule has 0 aromatic heterocycles. The van der Waals surface area contributed by atoms with Gasteiger partial charge in [-0.15, -0.1) is 0 Å². The summed E-state index contributed by atoms with van der Waals surface area (Å²) in [5, 5.41) is 2.83. The minimum absolute atomic E-state index is 0.0503. The van der Waals surface area contributed by atoms with Crippen LogP contribution in [0, 0.1) is 5.41 Å². The molecule has 7 heteroatoms. The molecule has 1 amide bonds. The molecule has 0 aromatic carbocycles. The summed E-state index contributed by atoms with van der Waals surface area (Å²) in [6.07, 6.45) is 7.02. The topological polar surface area (TPSA) is 101 Å². The molecule has 1 saturated carbocycles. The van der Waals surface area contributed by atoms with Crippen LogP contribution in [0.2, 0.25) is 0 Å². The van der Waals surface area contributed by atoms with Gasteiger partial charge >= 0.3 is 0 Å². The van der Waals surface area contributed by atoms with E-state index in [4.69, 9.17) is 5.73 Å². The van der Waals surface area contributed by atoms with Crippen LogP contribution in [-0.4, -0.2) is 39.2 Å². The first-order chi connectivity index (χ1) is 9.58. The second-order valence-electron chi connectivity index (χ2n) is 6.98. The lowest BCUT2D eigenvalue weighted by atomic mass is 9.71. The molecule has 21 heavy (non-hydrogen) atoms. The Labute approximate surface area is 128 Å². The van der Waals surface area contributed by atoms with Gasteiger partial charge in [0, 0.05) is 18.5 Å². The fourth-order valence-electron chi connectivity index (χ4n) is 3.02. The second kappa shape index (κ2) is 7.07. The minimum atomic E-state index is -3.29. The van der Waals surface area contributed by atoms with Gasteiger partial charge in [-0.05, 0) is 38.6 Å². The van der Waals surface area contributed by atoms with Crippen LogP contribution in [0.5, 0.6) is 0 Å². The summed E-state index contributed by atoms with van der Waals surface area (Å²) in [4.78, 5) is 12.1. The number of hydrogen-bond donors (Lipinski definition) is 3. The van der Waals surface area contributed by atoms with E-state index in [0.29, 0.717) is 13.0 Å². The quantitative estimate of drug-likeness (QED) is 0.644.